The molecule has 0 radical (unpaired) electrons. The summed E-state index contributed by atoms with van der Waals surface area (Å²) in [7, 11) is -3.47. The van der Waals surface area contributed by atoms with E-state index in [-0.39, 0.29) is 17.3 Å². The molecule has 0 aliphatic carbocycles. The topological polar surface area (TPSA) is 53.8 Å². The highest BCUT2D eigenvalue weighted by molar-refractivity contribution is 7.89. The molecule has 0 spiro atoms. The van der Waals surface area contributed by atoms with Gasteiger partial charge in [0.1, 0.15) is 5.76 Å². The van der Waals surface area contributed by atoms with E-state index in [0.717, 1.165) is 5.76 Å². The minimum atomic E-state index is -3.47. The van der Waals surface area contributed by atoms with Gasteiger partial charge in [0.05, 0.1) is 17.7 Å². The van der Waals surface area contributed by atoms with Crippen molar-refractivity contribution >= 4 is 34.0 Å². The predicted octanol–water partition coefficient (Wildman–Crippen LogP) is 2.86. The number of benzene rings is 1. The minimum Gasteiger partial charge on any atom is -0.468 e. The van der Waals surface area contributed by atoms with Crippen LogP contribution in [0.5, 0.6) is 0 Å². The fourth-order valence-electron chi connectivity index (χ4n) is 2.53. The van der Waals surface area contributed by atoms with Gasteiger partial charge in [-0.15, -0.1) is 12.4 Å². The summed E-state index contributed by atoms with van der Waals surface area (Å²) < 4.78 is 32.0. The Bertz CT molecular complexity index is 727. The number of halogens is 2. The molecule has 0 atom stereocenters. The number of sulfonamides is 1. The third-order valence-corrected chi connectivity index (χ3v) is 5.85. The second-order valence-corrected chi connectivity index (χ2v) is 7.59. The Morgan fingerprint density at radius 3 is 2.43 bits per heavy atom. The third kappa shape index (κ3) is 4.28. The Morgan fingerprint density at radius 2 is 1.83 bits per heavy atom. The molecular weight excluding hydrogens is 359 g/mol. The number of hydrogen-bond acceptors (Lipinski definition) is 4. The molecule has 23 heavy (non-hydrogen) atoms. The van der Waals surface area contributed by atoms with Crippen molar-refractivity contribution in [3.8, 4) is 0 Å². The quantitative estimate of drug-likeness (QED) is 0.822. The minimum absolute atomic E-state index is 0. The van der Waals surface area contributed by atoms with E-state index in [1.807, 2.05) is 12.1 Å². The zero-order chi connectivity index (χ0) is 15.6. The molecule has 0 amide bonds. The standard InChI is InChI=1S/C15H17ClN2O3S.ClH/c16-13-3-1-5-15(11-13)22(19,20)18-8-6-17(7-9-18)12-14-4-2-10-21-14;/h1-5,10-11H,6-9,12H2;1H. The van der Waals surface area contributed by atoms with Crippen LogP contribution in [0.4, 0.5) is 0 Å². The molecule has 0 N–H and O–H groups in total. The molecule has 1 aliphatic rings. The second-order valence-electron chi connectivity index (χ2n) is 5.22. The van der Waals surface area contributed by atoms with Gasteiger partial charge < -0.3 is 4.42 Å². The van der Waals surface area contributed by atoms with Gasteiger partial charge in [0.25, 0.3) is 0 Å². The highest BCUT2D eigenvalue weighted by atomic mass is 35.5. The summed E-state index contributed by atoms with van der Waals surface area (Å²) in [6.45, 7) is 3.00. The van der Waals surface area contributed by atoms with Crippen molar-refractivity contribution in [3.05, 3.63) is 53.4 Å². The van der Waals surface area contributed by atoms with Gasteiger partial charge in [-0.3, -0.25) is 4.90 Å². The fraction of sp³-hybridized carbons (Fsp3) is 0.333. The Hall–Kier alpha value is -1.05. The van der Waals surface area contributed by atoms with Crippen LogP contribution in [0, 0.1) is 0 Å². The lowest BCUT2D eigenvalue weighted by atomic mass is 10.3. The first-order chi connectivity index (χ1) is 10.6. The second kappa shape index (κ2) is 7.68. The first-order valence-electron chi connectivity index (χ1n) is 7.06. The molecule has 3 rings (SSSR count). The highest BCUT2D eigenvalue weighted by Crippen LogP contribution is 2.21. The molecule has 126 valence electrons. The number of piperazine rings is 1. The van der Waals surface area contributed by atoms with Gasteiger partial charge in [-0.2, -0.15) is 4.31 Å². The smallest absolute Gasteiger partial charge is 0.243 e. The van der Waals surface area contributed by atoms with Gasteiger partial charge >= 0.3 is 0 Å². The molecule has 8 heteroatoms. The number of rotatable bonds is 4. The molecule has 1 aliphatic heterocycles. The van der Waals surface area contributed by atoms with E-state index in [0.29, 0.717) is 37.7 Å². The van der Waals surface area contributed by atoms with Gasteiger partial charge in [0, 0.05) is 31.2 Å². The third-order valence-electron chi connectivity index (χ3n) is 3.72. The number of furan rings is 1. The molecule has 5 nitrogen and oxygen atoms in total. The molecule has 0 saturated carbocycles. The normalized spacial score (nSPS) is 16.9. The predicted molar refractivity (Wildman–Crippen MR) is 91.4 cm³/mol. The van der Waals surface area contributed by atoms with Gasteiger partial charge in [0.2, 0.25) is 10.0 Å². The van der Waals surface area contributed by atoms with E-state index in [1.54, 1.807) is 24.5 Å². The van der Waals surface area contributed by atoms with Crippen LogP contribution in [0.2, 0.25) is 5.02 Å². The molecule has 1 saturated heterocycles. The van der Waals surface area contributed by atoms with Crippen LogP contribution in [0.25, 0.3) is 0 Å². The van der Waals surface area contributed by atoms with Crippen LogP contribution in [0.3, 0.4) is 0 Å². The Morgan fingerprint density at radius 1 is 1.09 bits per heavy atom. The van der Waals surface area contributed by atoms with Crippen molar-refractivity contribution in [1.82, 2.24) is 9.21 Å². The van der Waals surface area contributed by atoms with Crippen molar-refractivity contribution in [2.45, 2.75) is 11.4 Å². The van der Waals surface area contributed by atoms with E-state index in [2.05, 4.69) is 4.90 Å². The maximum Gasteiger partial charge on any atom is 0.243 e. The van der Waals surface area contributed by atoms with Crippen molar-refractivity contribution < 1.29 is 12.8 Å². The summed E-state index contributed by atoms with van der Waals surface area (Å²) in [5, 5.41) is 0.428. The first-order valence-corrected chi connectivity index (χ1v) is 8.88. The molecule has 2 heterocycles. The van der Waals surface area contributed by atoms with Gasteiger partial charge in [-0.25, -0.2) is 8.42 Å². The van der Waals surface area contributed by atoms with Crippen LogP contribution in [0.15, 0.2) is 52.0 Å². The van der Waals surface area contributed by atoms with Crippen LogP contribution < -0.4 is 0 Å². The summed E-state index contributed by atoms with van der Waals surface area (Å²) in [4.78, 5) is 2.43. The maximum atomic E-state index is 12.6. The Labute approximate surface area is 147 Å². The highest BCUT2D eigenvalue weighted by Gasteiger charge is 2.28. The van der Waals surface area contributed by atoms with Crippen molar-refractivity contribution in [1.29, 1.82) is 0 Å². The van der Waals surface area contributed by atoms with E-state index in [9.17, 15) is 8.42 Å². The molecule has 0 unspecified atom stereocenters. The number of hydrogen-bond donors (Lipinski definition) is 0. The average Bonchev–Trinajstić information content (AvgIpc) is 3.01. The van der Waals surface area contributed by atoms with Crippen molar-refractivity contribution in [2.75, 3.05) is 26.2 Å². The lowest BCUT2D eigenvalue weighted by Gasteiger charge is -2.33. The van der Waals surface area contributed by atoms with Crippen LogP contribution in [-0.2, 0) is 16.6 Å². The summed E-state index contributed by atoms with van der Waals surface area (Å²) >= 11 is 5.89. The van der Waals surface area contributed by atoms with Crippen LogP contribution >= 0.6 is 24.0 Å². The average molecular weight is 377 g/mol. The summed E-state index contributed by atoms with van der Waals surface area (Å²) in [5.41, 5.74) is 0. The van der Waals surface area contributed by atoms with E-state index in [1.165, 1.54) is 10.4 Å². The molecule has 1 aromatic carbocycles. The SMILES string of the molecule is Cl.O=S(=O)(c1cccc(Cl)c1)N1CCN(Cc2ccco2)CC1. The largest absolute Gasteiger partial charge is 0.468 e. The van der Waals surface area contributed by atoms with Crippen molar-refractivity contribution in [3.63, 3.8) is 0 Å². The summed E-state index contributed by atoms with van der Waals surface area (Å²) in [5.74, 6) is 0.895. The zero-order valence-corrected chi connectivity index (χ0v) is 14.8. The summed E-state index contributed by atoms with van der Waals surface area (Å²) in [6, 6.07) is 10.2. The van der Waals surface area contributed by atoms with Crippen molar-refractivity contribution in [2.24, 2.45) is 0 Å². The van der Waals surface area contributed by atoms with Gasteiger partial charge in [-0.1, -0.05) is 17.7 Å². The first kappa shape index (κ1) is 18.3. The molecule has 1 aromatic heterocycles. The Kier molecular flexibility index (Phi) is 6.11. The van der Waals surface area contributed by atoms with Crippen LogP contribution in [-0.4, -0.2) is 43.8 Å². The van der Waals surface area contributed by atoms with Gasteiger partial charge in [0.15, 0.2) is 0 Å². The molecule has 2 aromatic rings. The molecule has 1 fully saturated rings. The fourth-order valence-corrected chi connectivity index (χ4v) is 4.25. The lowest BCUT2D eigenvalue weighted by molar-refractivity contribution is 0.171. The molecular formula is C15H18Cl2N2O3S. The zero-order valence-electron chi connectivity index (χ0n) is 12.4. The van der Waals surface area contributed by atoms with E-state index >= 15 is 0 Å². The Balaban J connectivity index is 0.00000192. The molecule has 0 bridgehead atoms. The summed E-state index contributed by atoms with van der Waals surface area (Å²) in [6.07, 6.45) is 1.65. The van der Waals surface area contributed by atoms with E-state index < -0.39 is 10.0 Å². The monoisotopic (exact) mass is 376 g/mol. The lowest BCUT2D eigenvalue weighted by Crippen LogP contribution is -2.48. The van der Waals surface area contributed by atoms with Crippen LogP contribution in [0.1, 0.15) is 5.76 Å². The van der Waals surface area contributed by atoms with E-state index in [4.69, 9.17) is 16.0 Å². The van der Waals surface area contributed by atoms with Gasteiger partial charge in [-0.05, 0) is 30.3 Å². The number of nitrogens with zero attached hydrogens (tertiary/aromatic N) is 2. The maximum absolute atomic E-state index is 12.6.